The Labute approximate surface area is 195 Å². The standard InChI is InChI=1S/C22H34N2O2.C2H6.HI/c1-17-5-7-20(8-6-17)23-13-9-18(10-14-23)19-11-15-24(16-12-19)21(25)26-22(2,3)4;1-2;/h5-8,18-19H,9-16H2,1-4H3;1-2H3;1H. The van der Waals surface area contributed by atoms with Crippen LogP contribution in [0.5, 0.6) is 0 Å². The van der Waals surface area contributed by atoms with E-state index in [4.69, 9.17) is 4.74 Å². The lowest BCUT2D eigenvalue weighted by Crippen LogP contribution is -2.44. The lowest BCUT2D eigenvalue weighted by molar-refractivity contribution is 0.0152. The number of rotatable bonds is 2. The van der Waals surface area contributed by atoms with Crippen molar-refractivity contribution in [1.82, 2.24) is 4.90 Å². The fourth-order valence-electron chi connectivity index (χ4n) is 4.26. The quantitative estimate of drug-likeness (QED) is 0.421. The number of benzene rings is 1. The molecular weight excluding hydrogens is 475 g/mol. The summed E-state index contributed by atoms with van der Waals surface area (Å²) in [5.74, 6) is 1.56. The van der Waals surface area contributed by atoms with Gasteiger partial charge in [0.15, 0.2) is 0 Å². The summed E-state index contributed by atoms with van der Waals surface area (Å²) in [6.45, 7) is 15.9. The zero-order chi connectivity index (χ0) is 20.7. The van der Waals surface area contributed by atoms with Crippen LogP contribution in [0.15, 0.2) is 24.3 Å². The number of nitrogens with zero attached hydrogens (tertiary/aromatic N) is 2. The minimum Gasteiger partial charge on any atom is -0.444 e. The van der Waals surface area contributed by atoms with Crippen LogP contribution >= 0.6 is 24.0 Å². The van der Waals surface area contributed by atoms with Gasteiger partial charge in [-0.25, -0.2) is 4.79 Å². The summed E-state index contributed by atoms with van der Waals surface area (Å²) >= 11 is 0. The molecule has 0 spiro atoms. The molecule has 1 aromatic rings. The molecule has 0 bridgehead atoms. The summed E-state index contributed by atoms with van der Waals surface area (Å²) in [4.78, 5) is 16.6. The van der Waals surface area contributed by atoms with Crippen molar-refractivity contribution in [2.45, 2.75) is 72.8 Å². The number of amides is 1. The van der Waals surface area contributed by atoms with E-state index in [-0.39, 0.29) is 30.1 Å². The number of ether oxygens (including phenoxy) is 1. The minimum atomic E-state index is -0.406. The molecule has 0 N–H and O–H groups in total. The molecule has 2 fully saturated rings. The third kappa shape index (κ3) is 7.99. The molecule has 2 aliphatic heterocycles. The van der Waals surface area contributed by atoms with E-state index in [1.165, 1.54) is 24.1 Å². The normalized spacial score (nSPS) is 18.4. The van der Waals surface area contributed by atoms with E-state index in [1.807, 2.05) is 39.5 Å². The molecule has 4 nitrogen and oxygen atoms in total. The molecule has 2 saturated heterocycles. The van der Waals surface area contributed by atoms with Gasteiger partial charge in [0.05, 0.1) is 0 Å². The molecule has 166 valence electrons. The van der Waals surface area contributed by atoms with Gasteiger partial charge in [-0.3, -0.25) is 0 Å². The number of hydrogen-bond acceptors (Lipinski definition) is 3. The first kappa shape index (κ1) is 26.1. The molecule has 29 heavy (non-hydrogen) atoms. The van der Waals surface area contributed by atoms with Gasteiger partial charge in [-0.05, 0) is 77.3 Å². The van der Waals surface area contributed by atoms with Crippen LogP contribution in [0.1, 0.15) is 65.9 Å². The van der Waals surface area contributed by atoms with Gasteiger partial charge in [0, 0.05) is 31.9 Å². The Morgan fingerprint density at radius 2 is 1.34 bits per heavy atom. The first-order valence-corrected chi connectivity index (χ1v) is 11.1. The highest BCUT2D eigenvalue weighted by Crippen LogP contribution is 2.34. The van der Waals surface area contributed by atoms with E-state index in [9.17, 15) is 4.79 Å². The summed E-state index contributed by atoms with van der Waals surface area (Å²) in [6, 6.07) is 8.89. The number of piperidine rings is 2. The van der Waals surface area contributed by atoms with Crippen LogP contribution in [0.25, 0.3) is 0 Å². The third-order valence-corrected chi connectivity index (χ3v) is 5.80. The molecule has 1 aromatic carbocycles. The number of carbonyl (C=O) groups is 1. The number of anilines is 1. The molecule has 0 radical (unpaired) electrons. The smallest absolute Gasteiger partial charge is 0.410 e. The second-order valence-electron chi connectivity index (χ2n) is 8.96. The first-order chi connectivity index (χ1) is 13.3. The van der Waals surface area contributed by atoms with Gasteiger partial charge in [-0.2, -0.15) is 0 Å². The van der Waals surface area contributed by atoms with Crippen LogP contribution in [0, 0.1) is 18.8 Å². The SMILES string of the molecule is CC.Cc1ccc(N2CCC(C3CCN(C(=O)OC(C)(C)C)CC3)CC2)cc1.I. The van der Waals surface area contributed by atoms with Gasteiger partial charge in [0.25, 0.3) is 0 Å². The summed E-state index contributed by atoms with van der Waals surface area (Å²) < 4.78 is 5.51. The van der Waals surface area contributed by atoms with Gasteiger partial charge in [-0.1, -0.05) is 31.5 Å². The summed E-state index contributed by atoms with van der Waals surface area (Å²) in [7, 11) is 0. The molecule has 0 aliphatic carbocycles. The highest BCUT2D eigenvalue weighted by atomic mass is 127. The van der Waals surface area contributed by atoms with E-state index >= 15 is 0 Å². The Bertz CT molecular complexity index is 596. The number of halogens is 1. The predicted octanol–water partition coefficient (Wildman–Crippen LogP) is 6.50. The Balaban J connectivity index is 0.00000136. The third-order valence-electron chi connectivity index (χ3n) is 5.80. The van der Waals surface area contributed by atoms with Crippen LogP contribution in [-0.4, -0.2) is 42.8 Å². The van der Waals surface area contributed by atoms with Crippen LogP contribution in [-0.2, 0) is 4.74 Å². The topological polar surface area (TPSA) is 32.8 Å². The Hall–Kier alpha value is -0.980. The van der Waals surface area contributed by atoms with Crippen molar-refractivity contribution in [2.24, 2.45) is 11.8 Å². The number of carbonyl (C=O) groups excluding carboxylic acids is 1. The molecule has 5 heteroatoms. The monoisotopic (exact) mass is 516 g/mol. The molecule has 2 heterocycles. The number of hydrogen-bond donors (Lipinski definition) is 0. The fraction of sp³-hybridized carbons (Fsp3) is 0.708. The molecular formula is C24H41IN2O2. The molecule has 2 aliphatic rings. The summed E-state index contributed by atoms with van der Waals surface area (Å²) in [5.41, 5.74) is 2.27. The van der Waals surface area contributed by atoms with Gasteiger partial charge in [-0.15, -0.1) is 24.0 Å². The highest BCUT2D eigenvalue weighted by Gasteiger charge is 2.32. The molecule has 0 aromatic heterocycles. The Morgan fingerprint density at radius 3 is 1.79 bits per heavy atom. The molecule has 0 saturated carbocycles. The van der Waals surface area contributed by atoms with E-state index in [0.29, 0.717) is 0 Å². The maximum Gasteiger partial charge on any atom is 0.410 e. The van der Waals surface area contributed by atoms with Gasteiger partial charge in [0.1, 0.15) is 5.60 Å². The molecule has 0 unspecified atom stereocenters. The zero-order valence-corrected chi connectivity index (χ0v) is 21.6. The lowest BCUT2D eigenvalue weighted by atomic mass is 9.79. The van der Waals surface area contributed by atoms with E-state index in [0.717, 1.165) is 50.9 Å². The van der Waals surface area contributed by atoms with Crippen molar-refractivity contribution in [3.8, 4) is 0 Å². The van der Waals surface area contributed by atoms with Crippen molar-refractivity contribution in [2.75, 3.05) is 31.1 Å². The van der Waals surface area contributed by atoms with Crippen LogP contribution in [0.4, 0.5) is 10.5 Å². The van der Waals surface area contributed by atoms with E-state index < -0.39 is 5.60 Å². The molecule has 3 rings (SSSR count). The number of aryl methyl sites for hydroxylation is 1. The maximum atomic E-state index is 12.2. The first-order valence-electron chi connectivity index (χ1n) is 11.1. The largest absolute Gasteiger partial charge is 0.444 e. The van der Waals surface area contributed by atoms with Crippen LogP contribution < -0.4 is 4.90 Å². The second-order valence-corrected chi connectivity index (χ2v) is 8.96. The van der Waals surface area contributed by atoms with Crippen LogP contribution in [0.2, 0.25) is 0 Å². The van der Waals surface area contributed by atoms with Crippen molar-refractivity contribution < 1.29 is 9.53 Å². The average Bonchev–Trinajstić information content (AvgIpc) is 2.69. The zero-order valence-electron chi connectivity index (χ0n) is 19.2. The predicted molar refractivity (Wildman–Crippen MR) is 133 cm³/mol. The summed E-state index contributed by atoms with van der Waals surface area (Å²) in [5, 5.41) is 0. The lowest BCUT2D eigenvalue weighted by Gasteiger charge is -2.41. The second kappa shape index (κ2) is 12.0. The maximum absolute atomic E-state index is 12.2. The minimum absolute atomic E-state index is 0. The summed E-state index contributed by atoms with van der Waals surface area (Å²) in [6.07, 6.45) is 4.63. The van der Waals surface area contributed by atoms with Crippen molar-refractivity contribution >= 4 is 35.8 Å². The highest BCUT2D eigenvalue weighted by molar-refractivity contribution is 14.0. The fourth-order valence-corrected chi connectivity index (χ4v) is 4.26. The average molecular weight is 517 g/mol. The van der Waals surface area contributed by atoms with Crippen LogP contribution in [0.3, 0.4) is 0 Å². The van der Waals surface area contributed by atoms with E-state index in [2.05, 4.69) is 36.1 Å². The van der Waals surface area contributed by atoms with Gasteiger partial charge >= 0.3 is 6.09 Å². The van der Waals surface area contributed by atoms with Gasteiger partial charge < -0.3 is 14.5 Å². The number of likely N-dealkylation sites (tertiary alicyclic amines) is 1. The van der Waals surface area contributed by atoms with Crippen molar-refractivity contribution in [3.05, 3.63) is 29.8 Å². The molecule has 1 amide bonds. The van der Waals surface area contributed by atoms with Crippen molar-refractivity contribution in [1.29, 1.82) is 0 Å². The van der Waals surface area contributed by atoms with E-state index in [1.54, 1.807) is 0 Å². The van der Waals surface area contributed by atoms with Gasteiger partial charge in [0.2, 0.25) is 0 Å². The Kier molecular flexibility index (Phi) is 10.8. The van der Waals surface area contributed by atoms with Crippen molar-refractivity contribution in [3.63, 3.8) is 0 Å². The molecule has 0 atom stereocenters. The Morgan fingerprint density at radius 1 is 0.897 bits per heavy atom.